The van der Waals surface area contributed by atoms with Crippen LogP contribution in [0.3, 0.4) is 0 Å². The SMILES string of the molecule is NC(CCN(O)N[O-])C(=O)O. The van der Waals surface area contributed by atoms with E-state index in [1.165, 1.54) is 0 Å². The van der Waals surface area contributed by atoms with Crippen LogP contribution in [0.1, 0.15) is 6.42 Å². The summed E-state index contributed by atoms with van der Waals surface area (Å²) in [5.41, 5.74) is 6.20. The quantitative estimate of drug-likeness (QED) is 0.364. The molecule has 0 spiro atoms. The van der Waals surface area contributed by atoms with Gasteiger partial charge in [0.15, 0.2) is 0 Å². The van der Waals surface area contributed by atoms with Crippen LogP contribution in [0.25, 0.3) is 0 Å². The van der Waals surface area contributed by atoms with Crippen LogP contribution in [-0.4, -0.2) is 34.0 Å². The summed E-state index contributed by atoms with van der Waals surface area (Å²) in [6.07, 6.45) is 0.00106. The molecule has 7 heteroatoms. The van der Waals surface area contributed by atoms with Crippen LogP contribution in [0.4, 0.5) is 0 Å². The first-order chi connectivity index (χ1) is 5.07. The van der Waals surface area contributed by atoms with E-state index in [2.05, 4.69) is 0 Å². The number of hydrogen-bond acceptors (Lipinski definition) is 6. The van der Waals surface area contributed by atoms with Crippen LogP contribution in [-0.2, 0) is 4.79 Å². The Morgan fingerprint density at radius 2 is 2.36 bits per heavy atom. The molecule has 5 N–H and O–H groups in total. The van der Waals surface area contributed by atoms with E-state index in [1.54, 1.807) is 0 Å². The van der Waals surface area contributed by atoms with E-state index in [4.69, 9.17) is 16.0 Å². The summed E-state index contributed by atoms with van der Waals surface area (Å²) >= 11 is 0. The van der Waals surface area contributed by atoms with Gasteiger partial charge in [0.1, 0.15) is 6.04 Å². The fraction of sp³-hybridized carbons (Fsp3) is 0.750. The monoisotopic (exact) mass is 164 g/mol. The third-order valence-corrected chi connectivity index (χ3v) is 1.07. The van der Waals surface area contributed by atoms with Crippen molar-refractivity contribution >= 4 is 5.97 Å². The standard InChI is InChI=1S/C4H10N3O4/c5-3(4(8)9)1-2-7(11)6-10/h3,6,11H,1-2,5H2,(H,8,9)/q-1. The minimum Gasteiger partial charge on any atom is -0.773 e. The van der Waals surface area contributed by atoms with Crippen molar-refractivity contribution in [1.82, 2.24) is 10.8 Å². The van der Waals surface area contributed by atoms with Crippen molar-refractivity contribution in [3.8, 4) is 0 Å². The minimum atomic E-state index is -1.16. The molecule has 1 unspecified atom stereocenters. The maximum absolute atomic E-state index is 10.1. The number of hydrogen-bond donors (Lipinski definition) is 4. The molecule has 0 rings (SSSR count). The molecule has 7 nitrogen and oxygen atoms in total. The summed E-state index contributed by atoms with van der Waals surface area (Å²) in [4.78, 5) is 10.1. The van der Waals surface area contributed by atoms with Gasteiger partial charge < -0.3 is 21.6 Å². The van der Waals surface area contributed by atoms with Crippen molar-refractivity contribution in [3.63, 3.8) is 0 Å². The molecule has 0 aromatic heterocycles. The fourth-order valence-electron chi connectivity index (χ4n) is 0.430. The van der Waals surface area contributed by atoms with Gasteiger partial charge in [0.05, 0.1) is 0 Å². The Bertz CT molecular complexity index is 131. The van der Waals surface area contributed by atoms with Gasteiger partial charge in [-0.2, -0.15) is 0 Å². The zero-order chi connectivity index (χ0) is 8.85. The molecule has 0 fully saturated rings. The Morgan fingerprint density at radius 3 is 2.73 bits per heavy atom. The smallest absolute Gasteiger partial charge is 0.320 e. The lowest BCUT2D eigenvalue weighted by Crippen LogP contribution is -2.38. The first-order valence-corrected chi connectivity index (χ1v) is 2.90. The Labute approximate surface area is 62.9 Å². The predicted molar refractivity (Wildman–Crippen MR) is 35.2 cm³/mol. The van der Waals surface area contributed by atoms with Crippen LogP contribution in [0.15, 0.2) is 0 Å². The summed E-state index contributed by atoms with van der Waals surface area (Å²) in [7, 11) is 0. The third-order valence-electron chi connectivity index (χ3n) is 1.07. The van der Waals surface area contributed by atoms with E-state index in [0.717, 1.165) is 5.59 Å². The van der Waals surface area contributed by atoms with Crippen LogP contribution < -0.4 is 11.3 Å². The number of aliphatic carboxylic acids is 1. The fourth-order valence-corrected chi connectivity index (χ4v) is 0.430. The predicted octanol–water partition coefficient (Wildman–Crippen LogP) is -1.52. The molecule has 0 aliphatic heterocycles. The highest BCUT2D eigenvalue weighted by atomic mass is 16.7. The van der Waals surface area contributed by atoms with Gasteiger partial charge >= 0.3 is 5.97 Å². The number of hydroxylamine groups is 1. The average molecular weight is 164 g/mol. The van der Waals surface area contributed by atoms with Gasteiger partial charge in [0.25, 0.3) is 0 Å². The number of carbonyl (C=O) groups is 1. The van der Waals surface area contributed by atoms with Crippen LogP contribution in [0, 0.1) is 5.21 Å². The van der Waals surface area contributed by atoms with Crippen molar-refractivity contribution in [2.24, 2.45) is 5.73 Å². The Morgan fingerprint density at radius 1 is 1.82 bits per heavy atom. The van der Waals surface area contributed by atoms with E-state index in [9.17, 15) is 10.0 Å². The summed E-state index contributed by atoms with van der Waals surface area (Å²) in [6.45, 7) is -0.128. The molecule has 0 saturated heterocycles. The number of rotatable bonds is 5. The molecule has 0 bridgehead atoms. The van der Waals surface area contributed by atoms with Gasteiger partial charge in [-0.05, 0) is 6.42 Å². The van der Waals surface area contributed by atoms with Gasteiger partial charge in [-0.3, -0.25) is 10.0 Å². The molecule has 11 heavy (non-hydrogen) atoms. The topological polar surface area (TPSA) is 122 Å². The van der Waals surface area contributed by atoms with Crippen LogP contribution >= 0.6 is 0 Å². The normalized spacial score (nSPS) is 13.5. The van der Waals surface area contributed by atoms with Crippen LogP contribution in [0.2, 0.25) is 0 Å². The van der Waals surface area contributed by atoms with Crippen LogP contribution in [0.5, 0.6) is 0 Å². The first kappa shape index (κ1) is 10.3. The molecule has 1 atom stereocenters. The minimum absolute atomic E-state index is 0.00106. The van der Waals surface area contributed by atoms with Gasteiger partial charge in [-0.1, -0.05) is 0 Å². The van der Waals surface area contributed by atoms with Crippen molar-refractivity contribution in [2.45, 2.75) is 12.5 Å². The molecular weight excluding hydrogens is 154 g/mol. The number of carboxylic acids is 1. The van der Waals surface area contributed by atoms with Crippen molar-refractivity contribution in [1.29, 1.82) is 0 Å². The maximum Gasteiger partial charge on any atom is 0.320 e. The average Bonchev–Trinajstić information content (AvgIpc) is 1.99. The first-order valence-electron chi connectivity index (χ1n) is 2.90. The number of hydrazine groups is 1. The summed E-state index contributed by atoms with van der Waals surface area (Å²) in [5, 5.41) is 26.6. The number of nitrogens with zero attached hydrogens (tertiary/aromatic N) is 1. The van der Waals surface area contributed by atoms with E-state index in [1.807, 2.05) is 0 Å². The van der Waals surface area contributed by atoms with Crippen molar-refractivity contribution < 1.29 is 15.1 Å². The van der Waals surface area contributed by atoms with Crippen molar-refractivity contribution in [2.75, 3.05) is 6.54 Å². The van der Waals surface area contributed by atoms with E-state index in [-0.39, 0.29) is 18.1 Å². The van der Waals surface area contributed by atoms with Gasteiger partial charge in [-0.15, -0.1) is 5.17 Å². The number of nitrogens with one attached hydrogen (secondary N) is 1. The number of nitrogens with two attached hydrogens (primary N) is 1. The molecule has 0 saturated carbocycles. The largest absolute Gasteiger partial charge is 0.773 e. The molecule has 66 valence electrons. The second kappa shape index (κ2) is 4.99. The third kappa shape index (κ3) is 4.65. The summed E-state index contributed by atoms with van der Waals surface area (Å²) in [6, 6.07) is -1.06. The lowest BCUT2D eigenvalue weighted by Gasteiger charge is -2.19. The zero-order valence-electron chi connectivity index (χ0n) is 5.73. The van der Waals surface area contributed by atoms with Gasteiger partial charge in [0, 0.05) is 6.54 Å². The highest BCUT2D eigenvalue weighted by Crippen LogP contribution is 1.88. The Kier molecular flexibility index (Phi) is 4.66. The molecule has 0 aromatic rings. The molecule has 0 radical (unpaired) electrons. The lowest BCUT2D eigenvalue weighted by molar-refractivity contribution is -0.142. The molecule has 0 amide bonds. The zero-order valence-corrected chi connectivity index (χ0v) is 5.73. The number of carboxylic acid groups (broad SMARTS) is 1. The van der Waals surface area contributed by atoms with Gasteiger partial charge in [-0.25, -0.2) is 0 Å². The Hall–Kier alpha value is -0.730. The molecule has 0 aromatic carbocycles. The second-order valence-electron chi connectivity index (χ2n) is 1.95. The molecular formula is C4H10N3O4-. The highest BCUT2D eigenvalue weighted by molar-refractivity contribution is 5.72. The van der Waals surface area contributed by atoms with E-state index < -0.39 is 12.0 Å². The molecule has 0 heterocycles. The molecule has 0 aliphatic rings. The molecule has 0 aliphatic carbocycles. The second-order valence-corrected chi connectivity index (χ2v) is 1.95. The lowest BCUT2D eigenvalue weighted by atomic mass is 10.2. The maximum atomic E-state index is 10.1. The Balaban J connectivity index is 3.45. The van der Waals surface area contributed by atoms with E-state index >= 15 is 0 Å². The van der Waals surface area contributed by atoms with Crippen molar-refractivity contribution in [3.05, 3.63) is 5.21 Å². The highest BCUT2D eigenvalue weighted by Gasteiger charge is 2.11. The van der Waals surface area contributed by atoms with Gasteiger partial charge in [0.2, 0.25) is 0 Å². The summed E-state index contributed by atoms with van der Waals surface area (Å²) < 4.78 is 0. The van der Waals surface area contributed by atoms with E-state index in [0.29, 0.717) is 0 Å². The summed E-state index contributed by atoms with van der Waals surface area (Å²) in [5.74, 6) is -1.16.